The van der Waals surface area contributed by atoms with Gasteiger partial charge in [0.25, 0.3) is 10.1 Å². The molecule has 0 bridgehead atoms. The Hall–Kier alpha value is -1.77. The SMILES string of the molecule is CCCOCC(CCCO)OCc1ccccc1.Cc1ccc(S(=O)(=O)O)cc1. The lowest BCUT2D eigenvalue weighted by Crippen LogP contribution is -2.20. The van der Waals surface area contributed by atoms with Crippen LogP contribution in [0.5, 0.6) is 0 Å². The summed E-state index contributed by atoms with van der Waals surface area (Å²) >= 11 is 0. The minimum Gasteiger partial charge on any atom is -0.396 e. The standard InChI is InChI=1S/C15H24O3.C7H8O3S/c1-2-11-17-13-15(9-6-10-16)18-12-14-7-4-3-5-8-14;1-6-2-4-7(5-3-6)11(8,9)10/h3-5,7-8,15-16H,2,6,9-13H2,1H3;2-5H,1H3,(H,8,9,10). The number of hydrogen-bond acceptors (Lipinski definition) is 5. The number of aryl methyl sites for hydroxylation is 1. The topological polar surface area (TPSA) is 93.1 Å². The van der Waals surface area contributed by atoms with Crippen molar-refractivity contribution in [3.63, 3.8) is 0 Å². The molecule has 0 fully saturated rings. The second kappa shape index (κ2) is 14.3. The normalized spacial score (nSPS) is 12.1. The molecule has 29 heavy (non-hydrogen) atoms. The van der Waals surface area contributed by atoms with Gasteiger partial charge in [-0.1, -0.05) is 55.0 Å². The number of aliphatic hydroxyl groups excluding tert-OH is 1. The zero-order valence-corrected chi connectivity index (χ0v) is 18.0. The summed E-state index contributed by atoms with van der Waals surface area (Å²) in [6, 6.07) is 16.1. The van der Waals surface area contributed by atoms with E-state index >= 15 is 0 Å². The van der Waals surface area contributed by atoms with E-state index in [1.54, 1.807) is 12.1 Å². The van der Waals surface area contributed by atoms with Crippen molar-refractivity contribution in [3.8, 4) is 0 Å². The third-order valence-electron chi connectivity index (χ3n) is 3.98. The van der Waals surface area contributed by atoms with Gasteiger partial charge in [0.2, 0.25) is 0 Å². The van der Waals surface area contributed by atoms with Crippen molar-refractivity contribution >= 4 is 10.1 Å². The monoisotopic (exact) mass is 424 g/mol. The van der Waals surface area contributed by atoms with Gasteiger partial charge in [-0.2, -0.15) is 8.42 Å². The summed E-state index contributed by atoms with van der Waals surface area (Å²) in [5.74, 6) is 0. The van der Waals surface area contributed by atoms with Crippen LogP contribution in [0.25, 0.3) is 0 Å². The van der Waals surface area contributed by atoms with Crippen LogP contribution < -0.4 is 0 Å². The van der Waals surface area contributed by atoms with Gasteiger partial charge in [0.05, 0.1) is 24.2 Å². The number of rotatable bonds is 11. The van der Waals surface area contributed by atoms with E-state index in [9.17, 15) is 8.42 Å². The van der Waals surface area contributed by atoms with Gasteiger partial charge < -0.3 is 14.6 Å². The van der Waals surface area contributed by atoms with Gasteiger partial charge in [-0.3, -0.25) is 4.55 Å². The summed E-state index contributed by atoms with van der Waals surface area (Å²) in [7, 11) is -4.02. The fourth-order valence-corrected chi connectivity index (χ4v) is 2.87. The molecule has 1 unspecified atom stereocenters. The Morgan fingerprint density at radius 3 is 2.24 bits per heavy atom. The second-order valence-corrected chi connectivity index (χ2v) is 8.07. The molecule has 0 radical (unpaired) electrons. The number of aliphatic hydroxyl groups is 1. The highest BCUT2D eigenvalue weighted by atomic mass is 32.2. The number of ether oxygens (including phenoxy) is 2. The molecule has 2 aromatic carbocycles. The van der Waals surface area contributed by atoms with Crippen molar-refractivity contribution < 1.29 is 27.6 Å². The Morgan fingerprint density at radius 1 is 1.03 bits per heavy atom. The van der Waals surface area contributed by atoms with Crippen LogP contribution >= 0.6 is 0 Å². The summed E-state index contributed by atoms with van der Waals surface area (Å²) in [5.41, 5.74) is 2.12. The molecule has 0 heterocycles. The van der Waals surface area contributed by atoms with Crippen LogP contribution in [0.4, 0.5) is 0 Å². The van der Waals surface area contributed by atoms with E-state index in [1.807, 2.05) is 25.1 Å². The third-order valence-corrected chi connectivity index (χ3v) is 4.85. The number of hydrogen-bond donors (Lipinski definition) is 2. The van der Waals surface area contributed by atoms with Crippen molar-refractivity contribution in [3.05, 3.63) is 65.7 Å². The Balaban J connectivity index is 0.000000326. The van der Waals surface area contributed by atoms with Crippen molar-refractivity contribution in [2.45, 2.75) is 50.7 Å². The van der Waals surface area contributed by atoms with Crippen molar-refractivity contribution in [2.75, 3.05) is 19.8 Å². The van der Waals surface area contributed by atoms with Crippen molar-refractivity contribution in [2.24, 2.45) is 0 Å². The number of benzene rings is 2. The van der Waals surface area contributed by atoms with E-state index in [-0.39, 0.29) is 17.6 Å². The zero-order valence-electron chi connectivity index (χ0n) is 17.2. The van der Waals surface area contributed by atoms with Crippen LogP contribution in [0.15, 0.2) is 59.5 Å². The highest BCUT2D eigenvalue weighted by Gasteiger charge is 2.09. The first-order chi connectivity index (χ1) is 13.9. The van der Waals surface area contributed by atoms with Crippen LogP contribution in [0.3, 0.4) is 0 Å². The maximum atomic E-state index is 10.5. The minimum absolute atomic E-state index is 0.0666. The second-order valence-electron chi connectivity index (χ2n) is 6.65. The van der Waals surface area contributed by atoms with Crippen LogP contribution in [0.1, 0.15) is 37.3 Å². The molecule has 0 spiro atoms. The first-order valence-corrected chi connectivity index (χ1v) is 11.2. The molecular weight excluding hydrogens is 392 g/mol. The van der Waals surface area contributed by atoms with Gasteiger partial charge in [0, 0.05) is 13.2 Å². The largest absolute Gasteiger partial charge is 0.396 e. The zero-order chi connectivity index (χ0) is 21.5. The van der Waals surface area contributed by atoms with E-state index in [4.69, 9.17) is 19.1 Å². The molecule has 0 saturated carbocycles. The fourth-order valence-electron chi connectivity index (χ4n) is 2.39. The van der Waals surface area contributed by atoms with Gasteiger partial charge >= 0.3 is 0 Å². The van der Waals surface area contributed by atoms with E-state index in [1.165, 1.54) is 17.7 Å². The molecular formula is C22H32O6S. The minimum atomic E-state index is -4.02. The van der Waals surface area contributed by atoms with Crippen molar-refractivity contribution in [1.29, 1.82) is 0 Å². The molecule has 0 amide bonds. The van der Waals surface area contributed by atoms with Gasteiger partial charge in [-0.15, -0.1) is 0 Å². The molecule has 162 valence electrons. The quantitative estimate of drug-likeness (QED) is 0.418. The lowest BCUT2D eigenvalue weighted by Gasteiger charge is -2.17. The Bertz CT molecular complexity index is 760. The highest BCUT2D eigenvalue weighted by molar-refractivity contribution is 7.85. The van der Waals surface area contributed by atoms with Crippen molar-refractivity contribution in [1.82, 2.24) is 0 Å². The molecule has 6 nitrogen and oxygen atoms in total. The Morgan fingerprint density at radius 2 is 1.69 bits per heavy atom. The molecule has 2 aromatic rings. The maximum Gasteiger partial charge on any atom is 0.294 e. The third kappa shape index (κ3) is 11.7. The molecule has 0 aliphatic carbocycles. The molecule has 2 N–H and O–H groups in total. The lowest BCUT2D eigenvalue weighted by molar-refractivity contribution is -0.0308. The van der Waals surface area contributed by atoms with Gasteiger partial charge in [-0.25, -0.2) is 0 Å². The molecule has 1 atom stereocenters. The van der Waals surface area contributed by atoms with E-state index in [0.29, 0.717) is 13.2 Å². The molecule has 7 heteroatoms. The highest BCUT2D eigenvalue weighted by Crippen LogP contribution is 2.09. The molecule has 2 rings (SSSR count). The Labute approximate surface area is 174 Å². The van der Waals surface area contributed by atoms with E-state index < -0.39 is 10.1 Å². The molecule has 0 aliphatic rings. The van der Waals surface area contributed by atoms with Crippen LogP contribution in [-0.4, -0.2) is 44.0 Å². The average molecular weight is 425 g/mol. The lowest BCUT2D eigenvalue weighted by atomic mass is 10.2. The van der Waals surface area contributed by atoms with Crippen LogP contribution in [0, 0.1) is 6.92 Å². The smallest absolute Gasteiger partial charge is 0.294 e. The Kier molecular flexibility index (Phi) is 12.4. The summed E-state index contributed by atoms with van der Waals surface area (Å²) in [6.45, 7) is 6.12. The summed E-state index contributed by atoms with van der Waals surface area (Å²) in [6.07, 6.45) is 2.69. The van der Waals surface area contributed by atoms with E-state index in [2.05, 4.69) is 19.1 Å². The summed E-state index contributed by atoms with van der Waals surface area (Å²) < 4.78 is 40.9. The summed E-state index contributed by atoms with van der Waals surface area (Å²) in [4.78, 5) is -0.0666. The molecule has 0 aromatic heterocycles. The van der Waals surface area contributed by atoms with Gasteiger partial charge in [-0.05, 0) is 43.9 Å². The summed E-state index contributed by atoms with van der Waals surface area (Å²) in [5, 5.41) is 8.88. The fraction of sp³-hybridized carbons (Fsp3) is 0.455. The van der Waals surface area contributed by atoms with E-state index in [0.717, 1.165) is 31.4 Å². The average Bonchev–Trinajstić information content (AvgIpc) is 2.70. The van der Waals surface area contributed by atoms with Crippen LogP contribution in [-0.2, 0) is 26.2 Å². The first-order valence-electron chi connectivity index (χ1n) is 9.75. The predicted octanol–water partition coefficient (Wildman–Crippen LogP) is 4.01. The maximum absolute atomic E-state index is 10.5. The van der Waals surface area contributed by atoms with Gasteiger partial charge in [0.15, 0.2) is 0 Å². The van der Waals surface area contributed by atoms with Gasteiger partial charge in [0.1, 0.15) is 0 Å². The molecule has 0 saturated heterocycles. The molecule has 0 aliphatic heterocycles. The van der Waals surface area contributed by atoms with Crippen LogP contribution in [0.2, 0.25) is 0 Å². The predicted molar refractivity (Wildman–Crippen MR) is 113 cm³/mol. The first kappa shape index (κ1) is 25.3.